The Morgan fingerprint density at radius 3 is 2.82 bits per heavy atom. The number of carboxylic acids is 1. The maximum Gasteiger partial charge on any atom is 0.308 e. The van der Waals surface area contributed by atoms with E-state index in [-0.39, 0.29) is 6.04 Å². The lowest BCUT2D eigenvalue weighted by molar-refractivity contribution is -0.142. The van der Waals surface area contributed by atoms with Crippen molar-refractivity contribution in [3.8, 4) is 0 Å². The van der Waals surface area contributed by atoms with E-state index in [1.807, 2.05) is 0 Å². The molecule has 0 spiro atoms. The molecule has 1 fully saturated rings. The highest BCUT2D eigenvalue weighted by Crippen LogP contribution is 2.26. The van der Waals surface area contributed by atoms with E-state index in [4.69, 9.17) is 10.8 Å². The third kappa shape index (κ3) is 1.80. The first-order valence-electron chi connectivity index (χ1n) is 3.76. The molecule has 1 aliphatic carbocycles. The van der Waals surface area contributed by atoms with Crippen LogP contribution in [0.15, 0.2) is 12.2 Å². The van der Waals surface area contributed by atoms with Gasteiger partial charge in [-0.1, -0.05) is 12.2 Å². The average molecular weight is 155 g/mol. The van der Waals surface area contributed by atoms with Gasteiger partial charge in [0.1, 0.15) is 0 Å². The van der Waals surface area contributed by atoms with E-state index in [0.717, 1.165) is 18.4 Å². The van der Waals surface area contributed by atoms with Crippen molar-refractivity contribution in [3.05, 3.63) is 12.2 Å². The minimum Gasteiger partial charge on any atom is -0.481 e. The lowest BCUT2D eigenvalue weighted by Gasteiger charge is -2.26. The van der Waals surface area contributed by atoms with Crippen molar-refractivity contribution in [2.45, 2.75) is 25.3 Å². The number of hydrogen-bond donors (Lipinski definition) is 2. The zero-order valence-corrected chi connectivity index (χ0v) is 6.42. The molecule has 1 saturated carbocycles. The molecular weight excluding hydrogens is 142 g/mol. The van der Waals surface area contributed by atoms with Crippen molar-refractivity contribution in [1.82, 2.24) is 0 Å². The third-order valence-electron chi connectivity index (χ3n) is 2.17. The van der Waals surface area contributed by atoms with E-state index in [2.05, 4.69) is 6.58 Å². The number of rotatable bonds is 1. The van der Waals surface area contributed by atoms with Gasteiger partial charge >= 0.3 is 5.97 Å². The van der Waals surface area contributed by atoms with Gasteiger partial charge in [-0.15, -0.1) is 0 Å². The number of allylic oxidation sites excluding steroid dienone is 1. The number of hydrogen-bond acceptors (Lipinski definition) is 2. The van der Waals surface area contributed by atoms with Crippen LogP contribution in [0.3, 0.4) is 0 Å². The zero-order chi connectivity index (χ0) is 8.43. The summed E-state index contributed by atoms with van der Waals surface area (Å²) in [5, 5.41) is 8.71. The predicted molar refractivity (Wildman–Crippen MR) is 42.1 cm³/mol. The van der Waals surface area contributed by atoms with Gasteiger partial charge in [0.05, 0.1) is 5.92 Å². The van der Waals surface area contributed by atoms with Crippen LogP contribution in [0.2, 0.25) is 0 Å². The van der Waals surface area contributed by atoms with Crippen LogP contribution in [0.4, 0.5) is 0 Å². The van der Waals surface area contributed by atoms with Gasteiger partial charge in [0.2, 0.25) is 0 Å². The Morgan fingerprint density at radius 1 is 1.73 bits per heavy atom. The Kier molecular flexibility index (Phi) is 2.29. The molecule has 1 aliphatic rings. The average Bonchev–Trinajstić information content (AvgIpc) is 1.94. The van der Waals surface area contributed by atoms with Gasteiger partial charge in [-0.2, -0.15) is 0 Å². The van der Waals surface area contributed by atoms with E-state index in [1.165, 1.54) is 0 Å². The molecule has 3 nitrogen and oxygen atoms in total. The number of carboxylic acid groups (broad SMARTS) is 1. The molecule has 0 amide bonds. The van der Waals surface area contributed by atoms with Gasteiger partial charge in [0.15, 0.2) is 0 Å². The molecule has 3 heteroatoms. The van der Waals surface area contributed by atoms with Gasteiger partial charge in [-0.3, -0.25) is 4.79 Å². The summed E-state index contributed by atoms with van der Waals surface area (Å²) >= 11 is 0. The fourth-order valence-corrected chi connectivity index (χ4v) is 1.41. The van der Waals surface area contributed by atoms with E-state index in [0.29, 0.717) is 6.42 Å². The molecule has 3 N–H and O–H groups in total. The van der Waals surface area contributed by atoms with Crippen LogP contribution >= 0.6 is 0 Å². The SMILES string of the molecule is C=C1CC[C@H](N)[C@H](C(=O)O)C1. The van der Waals surface area contributed by atoms with Gasteiger partial charge in [-0.25, -0.2) is 0 Å². The molecule has 0 radical (unpaired) electrons. The molecule has 62 valence electrons. The zero-order valence-electron chi connectivity index (χ0n) is 6.42. The summed E-state index contributed by atoms with van der Waals surface area (Å²) in [5.41, 5.74) is 6.63. The van der Waals surface area contributed by atoms with Gasteiger partial charge in [0.25, 0.3) is 0 Å². The summed E-state index contributed by atoms with van der Waals surface area (Å²) in [4.78, 5) is 10.6. The molecule has 11 heavy (non-hydrogen) atoms. The lowest BCUT2D eigenvalue weighted by Crippen LogP contribution is -2.38. The van der Waals surface area contributed by atoms with Crippen LogP contribution in [0.1, 0.15) is 19.3 Å². The summed E-state index contributed by atoms with van der Waals surface area (Å²) < 4.78 is 0. The molecule has 0 unspecified atom stereocenters. The second kappa shape index (κ2) is 3.05. The Hall–Kier alpha value is -0.830. The van der Waals surface area contributed by atoms with Crippen LogP contribution in [0.5, 0.6) is 0 Å². The molecule has 0 aromatic carbocycles. The van der Waals surface area contributed by atoms with Crippen molar-refractivity contribution in [2.24, 2.45) is 11.7 Å². The van der Waals surface area contributed by atoms with Crippen molar-refractivity contribution in [1.29, 1.82) is 0 Å². The molecule has 0 aromatic rings. The predicted octanol–water partition coefficient (Wildman–Crippen LogP) is 0.755. The van der Waals surface area contributed by atoms with Crippen LogP contribution < -0.4 is 5.73 Å². The van der Waals surface area contributed by atoms with Crippen LogP contribution in [-0.2, 0) is 4.79 Å². The van der Waals surface area contributed by atoms with Crippen LogP contribution in [-0.4, -0.2) is 17.1 Å². The molecule has 0 saturated heterocycles. The smallest absolute Gasteiger partial charge is 0.308 e. The van der Waals surface area contributed by atoms with Crippen LogP contribution in [0, 0.1) is 5.92 Å². The van der Waals surface area contributed by atoms with Gasteiger partial charge in [-0.05, 0) is 19.3 Å². The Morgan fingerprint density at radius 2 is 2.36 bits per heavy atom. The number of nitrogens with two attached hydrogens (primary N) is 1. The molecule has 2 atom stereocenters. The van der Waals surface area contributed by atoms with Gasteiger partial charge < -0.3 is 10.8 Å². The summed E-state index contributed by atoms with van der Waals surface area (Å²) in [7, 11) is 0. The molecule has 1 rings (SSSR count). The molecule has 0 aliphatic heterocycles. The second-order valence-electron chi connectivity index (χ2n) is 3.10. The summed E-state index contributed by atoms with van der Waals surface area (Å²) in [6, 6.07) is -0.182. The topological polar surface area (TPSA) is 63.3 Å². The van der Waals surface area contributed by atoms with E-state index in [1.54, 1.807) is 0 Å². The maximum absolute atomic E-state index is 10.6. The normalized spacial score (nSPS) is 31.9. The highest BCUT2D eigenvalue weighted by Gasteiger charge is 2.29. The first-order chi connectivity index (χ1) is 5.11. The molecule has 0 heterocycles. The quantitative estimate of drug-likeness (QED) is 0.549. The first kappa shape index (κ1) is 8.27. The minimum atomic E-state index is -0.793. The maximum atomic E-state index is 10.6. The number of carbonyl (C=O) groups is 1. The standard InChI is InChI=1S/C8H13NO2/c1-5-2-3-7(9)6(4-5)8(10)11/h6-7H,1-4,9H2,(H,10,11)/t6-,7+/m1/s1. The summed E-state index contributed by atoms with van der Waals surface area (Å²) in [5.74, 6) is -1.20. The van der Waals surface area contributed by atoms with Gasteiger partial charge in [0, 0.05) is 6.04 Å². The molecule has 0 bridgehead atoms. The fourth-order valence-electron chi connectivity index (χ4n) is 1.41. The van der Waals surface area contributed by atoms with E-state index in [9.17, 15) is 4.79 Å². The van der Waals surface area contributed by atoms with E-state index < -0.39 is 11.9 Å². The van der Waals surface area contributed by atoms with E-state index >= 15 is 0 Å². The Balaban J connectivity index is 2.61. The Labute approximate surface area is 65.9 Å². The number of aliphatic carboxylic acids is 1. The molecule has 0 aromatic heterocycles. The lowest BCUT2D eigenvalue weighted by atomic mass is 9.83. The second-order valence-corrected chi connectivity index (χ2v) is 3.10. The van der Waals surface area contributed by atoms with Crippen LogP contribution in [0.25, 0.3) is 0 Å². The Bertz CT molecular complexity index is 189. The van der Waals surface area contributed by atoms with Crippen molar-refractivity contribution in [2.75, 3.05) is 0 Å². The van der Waals surface area contributed by atoms with Crippen molar-refractivity contribution in [3.63, 3.8) is 0 Å². The van der Waals surface area contributed by atoms with Crippen molar-refractivity contribution >= 4 is 5.97 Å². The highest BCUT2D eigenvalue weighted by molar-refractivity contribution is 5.71. The monoisotopic (exact) mass is 155 g/mol. The highest BCUT2D eigenvalue weighted by atomic mass is 16.4. The third-order valence-corrected chi connectivity index (χ3v) is 2.17. The minimum absolute atomic E-state index is 0.182. The molecular formula is C8H13NO2. The first-order valence-corrected chi connectivity index (χ1v) is 3.76. The summed E-state index contributed by atoms with van der Waals surface area (Å²) in [6.07, 6.45) is 2.19. The van der Waals surface area contributed by atoms with Crippen molar-refractivity contribution < 1.29 is 9.90 Å². The fraction of sp³-hybridized carbons (Fsp3) is 0.625. The largest absolute Gasteiger partial charge is 0.481 e. The summed E-state index contributed by atoms with van der Waals surface area (Å²) in [6.45, 7) is 3.76.